The molecule has 0 bridgehead atoms. The van der Waals surface area contributed by atoms with Crippen LogP contribution in [0.1, 0.15) is 19.8 Å². The van der Waals surface area contributed by atoms with Crippen molar-refractivity contribution in [1.82, 2.24) is 4.90 Å². The molecule has 2 aliphatic heterocycles. The van der Waals surface area contributed by atoms with Gasteiger partial charge in [-0.3, -0.25) is 4.79 Å². The van der Waals surface area contributed by atoms with Crippen LogP contribution in [0.4, 0.5) is 19.3 Å². The number of anilines is 1. The van der Waals surface area contributed by atoms with E-state index in [4.69, 9.17) is 0 Å². The van der Waals surface area contributed by atoms with E-state index >= 15 is 0 Å². The minimum Gasteiger partial charge on any atom is -0.395 e. The average molecular weight is 310 g/mol. The Bertz CT molecular complexity index is 689. The fourth-order valence-electron chi connectivity index (χ4n) is 2.82. The Kier molecular flexibility index (Phi) is 2.47. The van der Waals surface area contributed by atoms with Crippen LogP contribution in [-0.2, 0) is 4.79 Å². The van der Waals surface area contributed by atoms with Crippen LogP contribution in [0.25, 0.3) is 0 Å². The Balaban J connectivity index is 1.68. The standard InChI is InChI=1S/C14H12F2N2O4/c1-7-12(19)18(13(20)17(7)8-2-3-8)9-4-5-10-11(6-9)22-14(15,16)21-10/h4-8H,2-3H2,1H3. The summed E-state index contributed by atoms with van der Waals surface area (Å²) in [6.45, 7) is 1.67. The lowest BCUT2D eigenvalue weighted by Gasteiger charge is -2.18. The Morgan fingerprint density at radius 2 is 1.86 bits per heavy atom. The van der Waals surface area contributed by atoms with Crippen molar-refractivity contribution in [3.05, 3.63) is 18.2 Å². The summed E-state index contributed by atoms with van der Waals surface area (Å²) < 4.78 is 34.7. The van der Waals surface area contributed by atoms with E-state index in [0.717, 1.165) is 17.7 Å². The van der Waals surface area contributed by atoms with Gasteiger partial charge in [-0.25, -0.2) is 9.69 Å². The van der Waals surface area contributed by atoms with E-state index in [1.165, 1.54) is 18.2 Å². The lowest BCUT2D eigenvalue weighted by atomic mass is 10.2. The molecule has 1 unspecified atom stereocenters. The Labute approximate surface area is 124 Å². The molecule has 1 aliphatic carbocycles. The van der Waals surface area contributed by atoms with E-state index in [-0.39, 0.29) is 29.1 Å². The lowest BCUT2D eigenvalue weighted by Crippen LogP contribution is -2.35. The monoisotopic (exact) mass is 310 g/mol. The first-order valence-electron chi connectivity index (χ1n) is 6.93. The Morgan fingerprint density at radius 3 is 2.55 bits per heavy atom. The van der Waals surface area contributed by atoms with Gasteiger partial charge < -0.3 is 14.4 Å². The van der Waals surface area contributed by atoms with Gasteiger partial charge in [-0.05, 0) is 31.9 Å². The van der Waals surface area contributed by atoms with Crippen molar-refractivity contribution < 1.29 is 27.8 Å². The number of amides is 3. The largest absolute Gasteiger partial charge is 0.586 e. The highest BCUT2D eigenvalue weighted by molar-refractivity contribution is 6.21. The smallest absolute Gasteiger partial charge is 0.395 e. The van der Waals surface area contributed by atoms with Crippen LogP contribution in [0.3, 0.4) is 0 Å². The fourth-order valence-corrected chi connectivity index (χ4v) is 2.82. The van der Waals surface area contributed by atoms with Gasteiger partial charge in [0, 0.05) is 12.1 Å². The highest BCUT2D eigenvalue weighted by Crippen LogP contribution is 2.44. The molecular formula is C14H12F2N2O4. The van der Waals surface area contributed by atoms with Gasteiger partial charge in [0.15, 0.2) is 11.5 Å². The first kappa shape index (κ1) is 13.3. The second kappa shape index (κ2) is 4.08. The van der Waals surface area contributed by atoms with Gasteiger partial charge >= 0.3 is 12.3 Å². The molecule has 0 N–H and O–H groups in total. The maximum atomic E-state index is 13.0. The number of alkyl halides is 2. The SMILES string of the molecule is CC1C(=O)N(c2ccc3c(c2)OC(F)(F)O3)C(=O)N1C1CC1. The first-order chi connectivity index (χ1) is 10.4. The molecular weight excluding hydrogens is 298 g/mol. The molecule has 8 heteroatoms. The van der Waals surface area contributed by atoms with Gasteiger partial charge in [0.1, 0.15) is 6.04 Å². The van der Waals surface area contributed by atoms with Gasteiger partial charge in [0.25, 0.3) is 5.91 Å². The Hall–Kier alpha value is -2.38. The molecule has 0 radical (unpaired) electrons. The quantitative estimate of drug-likeness (QED) is 0.787. The van der Waals surface area contributed by atoms with Crippen LogP contribution < -0.4 is 14.4 Å². The van der Waals surface area contributed by atoms with Crippen LogP contribution in [0.15, 0.2) is 18.2 Å². The number of fused-ring (bicyclic) bond motifs is 1. The molecule has 1 aromatic rings. The summed E-state index contributed by atoms with van der Waals surface area (Å²) in [6, 6.07) is 2.99. The minimum atomic E-state index is -3.73. The highest BCUT2D eigenvalue weighted by Gasteiger charge is 2.50. The highest BCUT2D eigenvalue weighted by atomic mass is 19.3. The van der Waals surface area contributed by atoms with Crippen molar-refractivity contribution in [1.29, 1.82) is 0 Å². The molecule has 0 aromatic heterocycles. The predicted octanol–water partition coefficient (Wildman–Crippen LogP) is 2.33. The lowest BCUT2D eigenvalue weighted by molar-refractivity contribution is -0.286. The van der Waals surface area contributed by atoms with Crippen molar-refractivity contribution >= 4 is 17.6 Å². The van der Waals surface area contributed by atoms with Crippen LogP contribution in [-0.4, -0.2) is 35.2 Å². The number of carbonyl (C=O) groups excluding carboxylic acids is 2. The number of hydrogen-bond acceptors (Lipinski definition) is 4. The van der Waals surface area contributed by atoms with E-state index in [1.54, 1.807) is 11.8 Å². The number of halogens is 2. The zero-order chi connectivity index (χ0) is 15.6. The molecule has 2 heterocycles. The summed E-state index contributed by atoms with van der Waals surface area (Å²) in [5.41, 5.74) is 0.199. The first-order valence-corrected chi connectivity index (χ1v) is 6.93. The van der Waals surface area contributed by atoms with Crippen molar-refractivity contribution in [3.8, 4) is 11.5 Å². The predicted molar refractivity (Wildman–Crippen MR) is 69.9 cm³/mol. The summed E-state index contributed by atoms with van der Waals surface area (Å²) in [4.78, 5) is 27.3. The van der Waals surface area contributed by atoms with Gasteiger partial charge in [-0.2, -0.15) is 0 Å². The van der Waals surface area contributed by atoms with Crippen molar-refractivity contribution in [3.63, 3.8) is 0 Å². The molecule has 22 heavy (non-hydrogen) atoms. The molecule has 1 saturated carbocycles. The number of imide groups is 1. The van der Waals surface area contributed by atoms with Crippen LogP contribution >= 0.6 is 0 Å². The zero-order valence-electron chi connectivity index (χ0n) is 11.6. The van der Waals surface area contributed by atoms with Gasteiger partial charge in [-0.1, -0.05) is 0 Å². The van der Waals surface area contributed by atoms with E-state index in [0.29, 0.717) is 0 Å². The van der Waals surface area contributed by atoms with Gasteiger partial charge in [-0.15, -0.1) is 8.78 Å². The summed E-state index contributed by atoms with van der Waals surface area (Å²) in [6.07, 6.45) is -1.97. The topological polar surface area (TPSA) is 59.1 Å². The van der Waals surface area contributed by atoms with Crippen LogP contribution in [0, 0.1) is 0 Å². The molecule has 6 nitrogen and oxygen atoms in total. The normalized spacial score (nSPS) is 26.0. The molecule has 2 fully saturated rings. The van der Waals surface area contributed by atoms with Crippen molar-refractivity contribution in [2.45, 2.75) is 38.1 Å². The molecule has 0 spiro atoms. The molecule has 1 aromatic carbocycles. The third-order valence-corrected chi connectivity index (χ3v) is 3.99. The molecule has 4 rings (SSSR count). The number of rotatable bonds is 2. The summed E-state index contributed by atoms with van der Waals surface area (Å²) in [5.74, 6) is -0.692. The molecule has 1 saturated heterocycles. The number of nitrogens with zero attached hydrogens (tertiary/aromatic N) is 2. The van der Waals surface area contributed by atoms with Crippen molar-refractivity contribution in [2.75, 3.05) is 4.90 Å². The van der Waals surface area contributed by atoms with Crippen LogP contribution in [0.2, 0.25) is 0 Å². The van der Waals surface area contributed by atoms with Crippen molar-refractivity contribution in [2.24, 2.45) is 0 Å². The number of ether oxygens (including phenoxy) is 2. The fraction of sp³-hybridized carbons (Fsp3) is 0.429. The Morgan fingerprint density at radius 1 is 1.18 bits per heavy atom. The number of hydrogen-bond donors (Lipinski definition) is 0. The third kappa shape index (κ3) is 1.83. The van der Waals surface area contributed by atoms with Gasteiger partial charge in [0.2, 0.25) is 0 Å². The third-order valence-electron chi connectivity index (χ3n) is 3.99. The maximum Gasteiger partial charge on any atom is 0.586 e. The molecule has 3 aliphatic rings. The van der Waals surface area contributed by atoms with Crippen LogP contribution in [0.5, 0.6) is 11.5 Å². The minimum absolute atomic E-state index is 0.0924. The summed E-state index contributed by atoms with van der Waals surface area (Å²) in [5, 5.41) is 0. The van der Waals surface area contributed by atoms with E-state index in [1.807, 2.05) is 0 Å². The molecule has 1 atom stereocenters. The van der Waals surface area contributed by atoms with E-state index in [2.05, 4.69) is 9.47 Å². The molecule has 116 valence electrons. The number of benzene rings is 1. The van der Waals surface area contributed by atoms with E-state index < -0.39 is 18.4 Å². The summed E-state index contributed by atoms with van der Waals surface area (Å²) in [7, 11) is 0. The average Bonchev–Trinajstić information content (AvgIpc) is 3.16. The summed E-state index contributed by atoms with van der Waals surface area (Å²) >= 11 is 0. The maximum absolute atomic E-state index is 13.0. The number of urea groups is 1. The number of carbonyl (C=O) groups is 2. The second-order valence-corrected chi connectivity index (χ2v) is 5.57. The zero-order valence-corrected chi connectivity index (χ0v) is 11.6. The van der Waals surface area contributed by atoms with E-state index in [9.17, 15) is 18.4 Å². The molecule has 3 amide bonds. The van der Waals surface area contributed by atoms with Gasteiger partial charge in [0.05, 0.1) is 5.69 Å². The second-order valence-electron chi connectivity index (χ2n) is 5.57.